The second-order valence-corrected chi connectivity index (χ2v) is 5.80. The van der Waals surface area contributed by atoms with E-state index in [0.717, 1.165) is 12.2 Å². The molecule has 2 aromatic rings. The predicted molar refractivity (Wildman–Crippen MR) is 88.8 cm³/mol. The molecule has 0 saturated heterocycles. The summed E-state index contributed by atoms with van der Waals surface area (Å²) in [5.74, 6) is -0.188. The number of methoxy groups -OCH3 is 1. The molecular formula is C18H25FN2O2. The maximum atomic E-state index is 13.8. The van der Waals surface area contributed by atoms with Crippen LogP contribution in [0.15, 0.2) is 42.6 Å². The molecule has 23 heavy (non-hydrogen) atoms. The van der Waals surface area contributed by atoms with Crippen molar-refractivity contribution in [1.29, 1.82) is 0 Å². The number of hydrogen-bond donors (Lipinski definition) is 1. The Morgan fingerprint density at radius 1 is 1.26 bits per heavy atom. The van der Waals surface area contributed by atoms with E-state index in [9.17, 15) is 9.50 Å². The average molecular weight is 320 g/mol. The zero-order valence-corrected chi connectivity index (χ0v) is 13.8. The van der Waals surface area contributed by atoms with Gasteiger partial charge in [-0.15, -0.1) is 0 Å². The van der Waals surface area contributed by atoms with Crippen molar-refractivity contribution >= 4 is 0 Å². The van der Waals surface area contributed by atoms with E-state index in [1.807, 2.05) is 29.0 Å². The smallest absolute Gasteiger partial charge is 0.128 e. The molecule has 1 aromatic heterocycles. The van der Waals surface area contributed by atoms with E-state index in [-0.39, 0.29) is 5.82 Å². The molecule has 4 nitrogen and oxygen atoms in total. The maximum Gasteiger partial charge on any atom is 0.128 e. The Bertz CT molecular complexity index is 598. The number of hydrogen-bond acceptors (Lipinski definition) is 3. The van der Waals surface area contributed by atoms with Crippen LogP contribution in [0.25, 0.3) is 0 Å². The van der Waals surface area contributed by atoms with Crippen LogP contribution in [0.3, 0.4) is 0 Å². The monoisotopic (exact) mass is 320 g/mol. The molecule has 0 aliphatic rings. The molecule has 2 rings (SSSR count). The van der Waals surface area contributed by atoms with Gasteiger partial charge in [0, 0.05) is 44.2 Å². The van der Waals surface area contributed by atoms with Crippen LogP contribution in [-0.2, 0) is 17.8 Å². The third-order valence-electron chi connectivity index (χ3n) is 3.74. The second kappa shape index (κ2) is 8.82. The van der Waals surface area contributed by atoms with E-state index in [4.69, 9.17) is 4.74 Å². The van der Waals surface area contributed by atoms with E-state index in [1.165, 1.54) is 6.07 Å². The minimum absolute atomic E-state index is 0.188. The van der Waals surface area contributed by atoms with Gasteiger partial charge in [0.15, 0.2) is 0 Å². The van der Waals surface area contributed by atoms with Gasteiger partial charge in [-0.1, -0.05) is 18.2 Å². The third kappa shape index (κ3) is 5.46. The molecule has 126 valence electrons. The number of benzene rings is 1. The number of aliphatic hydroxyl groups is 1. The highest BCUT2D eigenvalue weighted by molar-refractivity contribution is 5.19. The van der Waals surface area contributed by atoms with Crippen LogP contribution >= 0.6 is 0 Å². The molecule has 0 radical (unpaired) electrons. The van der Waals surface area contributed by atoms with Gasteiger partial charge in [-0.3, -0.25) is 4.90 Å². The van der Waals surface area contributed by atoms with Crippen molar-refractivity contribution in [3.63, 3.8) is 0 Å². The first-order chi connectivity index (χ1) is 11.1. The minimum atomic E-state index is -0.401. The number of aliphatic hydroxyl groups excluding tert-OH is 1. The van der Waals surface area contributed by atoms with Crippen molar-refractivity contribution in [2.75, 3.05) is 26.8 Å². The molecule has 1 heterocycles. The summed E-state index contributed by atoms with van der Waals surface area (Å²) < 4.78 is 21.0. The van der Waals surface area contributed by atoms with Crippen LogP contribution in [0, 0.1) is 5.82 Å². The normalized spacial score (nSPS) is 12.7. The van der Waals surface area contributed by atoms with Gasteiger partial charge >= 0.3 is 0 Å². The van der Waals surface area contributed by atoms with Gasteiger partial charge in [-0.2, -0.15) is 0 Å². The van der Waals surface area contributed by atoms with Gasteiger partial charge in [-0.05, 0) is 25.1 Å². The Morgan fingerprint density at radius 3 is 2.74 bits per heavy atom. The van der Waals surface area contributed by atoms with Gasteiger partial charge in [0.2, 0.25) is 0 Å². The van der Waals surface area contributed by atoms with Gasteiger partial charge < -0.3 is 14.4 Å². The topological polar surface area (TPSA) is 37.6 Å². The molecule has 0 amide bonds. The Morgan fingerprint density at radius 2 is 2.04 bits per heavy atom. The zero-order valence-electron chi connectivity index (χ0n) is 13.8. The van der Waals surface area contributed by atoms with E-state index in [0.29, 0.717) is 31.8 Å². The Balaban J connectivity index is 2.08. The SMILES string of the molecule is COCCN(Cc1cccn1Cc1ccccc1F)CC(C)O. The highest BCUT2D eigenvalue weighted by Crippen LogP contribution is 2.13. The number of halogens is 1. The second-order valence-electron chi connectivity index (χ2n) is 5.80. The van der Waals surface area contributed by atoms with Crippen LogP contribution in [-0.4, -0.2) is 47.5 Å². The van der Waals surface area contributed by atoms with E-state index < -0.39 is 6.10 Å². The first-order valence-electron chi connectivity index (χ1n) is 7.87. The van der Waals surface area contributed by atoms with Crippen LogP contribution in [0.5, 0.6) is 0 Å². The molecule has 0 aliphatic heterocycles. The molecule has 1 N–H and O–H groups in total. The lowest BCUT2D eigenvalue weighted by Crippen LogP contribution is -2.34. The number of nitrogens with zero attached hydrogens (tertiary/aromatic N) is 2. The fourth-order valence-electron chi connectivity index (χ4n) is 2.62. The molecule has 0 fully saturated rings. The van der Waals surface area contributed by atoms with Gasteiger partial charge in [0.05, 0.1) is 19.3 Å². The molecule has 0 aliphatic carbocycles. The van der Waals surface area contributed by atoms with Gasteiger partial charge in [0.25, 0.3) is 0 Å². The molecule has 1 unspecified atom stereocenters. The number of aromatic nitrogens is 1. The molecular weight excluding hydrogens is 295 g/mol. The highest BCUT2D eigenvalue weighted by atomic mass is 19.1. The molecule has 1 atom stereocenters. The average Bonchev–Trinajstić information content (AvgIpc) is 2.93. The van der Waals surface area contributed by atoms with Crippen LogP contribution in [0.1, 0.15) is 18.2 Å². The van der Waals surface area contributed by atoms with Gasteiger partial charge in [0.1, 0.15) is 5.82 Å². The Kier molecular flexibility index (Phi) is 6.77. The van der Waals surface area contributed by atoms with Crippen LogP contribution < -0.4 is 0 Å². The lowest BCUT2D eigenvalue weighted by molar-refractivity contribution is 0.0926. The van der Waals surface area contributed by atoms with Crippen LogP contribution in [0.4, 0.5) is 4.39 Å². The fourth-order valence-corrected chi connectivity index (χ4v) is 2.62. The van der Waals surface area contributed by atoms with Crippen molar-refractivity contribution in [1.82, 2.24) is 9.47 Å². The van der Waals surface area contributed by atoms with Crippen molar-refractivity contribution in [2.24, 2.45) is 0 Å². The summed E-state index contributed by atoms with van der Waals surface area (Å²) in [5, 5.41) is 9.65. The summed E-state index contributed by atoms with van der Waals surface area (Å²) in [6.45, 7) is 4.90. The molecule has 5 heteroatoms. The van der Waals surface area contributed by atoms with Gasteiger partial charge in [-0.25, -0.2) is 4.39 Å². The predicted octanol–water partition coefficient (Wildman–Crippen LogP) is 2.50. The third-order valence-corrected chi connectivity index (χ3v) is 3.74. The molecule has 0 saturated carbocycles. The maximum absolute atomic E-state index is 13.8. The van der Waals surface area contributed by atoms with Crippen molar-refractivity contribution in [2.45, 2.75) is 26.1 Å². The minimum Gasteiger partial charge on any atom is -0.392 e. The van der Waals surface area contributed by atoms with E-state index in [2.05, 4.69) is 4.90 Å². The number of ether oxygens (including phenoxy) is 1. The Hall–Kier alpha value is -1.69. The van der Waals surface area contributed by atoms with E-state index >= 15 is 0 Å². The van der Waals surface area contributed by atoms with Crippen molar-refractivity contribution < 1.29 is 14.2 Å². The van der Waals surface area contributed by atoms with Crippen LogP contribution in [0.2, 0.25) is 0 Å². The quantitative estimate of drug-likeness (QED) is 0.771. The molecule has 0 bridgehead atoms. The first-order valence-corrected chi connectivity index (χ1v) is 7.87. The summed E-state index contributed by atoms with van der Waals surface area (Å²) in [6, 6.07) is 10.8. The molecule has 0 spiro atoms. The summed E-state index contributed by atoms with van der Waals surface area (Å²) >= 11 is 0. The highest BCUT2D eigenvalue weighted by Gasteiger charge is 2.12. The zero-order chi connectivity index (χ0) is 16.7. The van der Waals surface area contributed by atoms with Crippen molar-refractivity contribution in [3.05, 3.63) is 59.7 Å². The number of rotatable bonds is 9. The summed E-state index contributed by atoms with van der Waals surface area (Å²) in [4.78, 5) is 2.14. The standard InChI is InChI=1S/C18H25FN2O2/c1-15(22)12-20(10-11-23-2)14-17-7-5-9-21(17)13-16-6-3-4-8-18(16)19/h3-9,15,22H,10-14H2,1-2H3. The summed E-state index contributed by atoms with van der Waals surface area (Å²) in [6.07, 6.45) is 1.56. The lowest BCUT2D eigenvalue weighted by atomic mass is 10.2. The fraction of sp³-hybridized carbons (Fsp3) is 0.444. The first kappa shape index (κ1) is 17.7. The lowest BCUT2D eigenvalue weighted by Gasteiger charge is -2.24. The molecule has 1 aromatic carbocycles. The summed E-state index contributed by atoms with van der Waals surface area (Å²) in [5.41, 5.74) is 1.76. The summed E-state index contributed by atoms with van der Waals surface area (Å²) in [7, 11) is 1.67. The van der Waals surface area contributed by atoms with Crippen molar-refractivity contribution in [3.8, 4) is 0 Å². The van der Waals surface area contributed by atoms with E-state index in [1.54, 1.807) is 26.2 Å². The largest absolute Gasteiger partial charge is 0.392 e. The Labute approximate surface area is 137 Å².